The van der Waals surface area contributed by atoms with Crippen LogP contribution in [-0.2, 0) is 14.4 Å². The minimum Gasteiger partial charge on any atom is -0.478 e. The van der Waals surface area contributed by atoms with Gasteiger partial charge in [0.2, 0.25) is 5.91 Å². The summed E-state index contributed by atoms with van der Waals surface area (Å²) in [6, 6.07) is 7.15. The van der Waals surface area contributed by atoms with E-state index in [1.165, 1.54) is 44.9 Å². The lowest BCUT2D eigenvalue weighted by Gasteiger charge is -2.18. The molecule has 1 saturated carbocycles. The second-order valence-electron chi connectivity index (χ2n) is 8.54. The molecule has 186 valence electrons. The molecule has 7 heteroatoms. The van der Waals surface area contributed by atoms with E-state index in [1.54, 1.807) is 12.1 Å². The zero-order valence-electron chi connectivity index (χ0n) is 20.0. The third kappa shape index (κ3) is 14.8. The summed E-state index contributed by atoms with van der Waals surface area (Å²) >= 11 is 0. The summed E-state index contributed by atoms with van der Waals surface area (Å²) in [5.41, 5.74) is 1.55. The van der Waals surface area contributed by atoms with Crippen molar-refractivity contribution in [3.05, 3.63) is 59.7 Å². The Morgan fingerprint density at radius 2 is 1.15 bits per heavy atom. The smallest absolute Gasteiger partial charge is 0.328 e. The van der Waals surface area contributed by atoms with Gasteiger partial charge in [-0.15, -0.1) is 0 Å². The SMILES string of the molecule is Cc1ccc(C(=O)C=CC(=O)O)cc1.O=C(O)/C=C\C(=O)NC1CCCCCCCCCCC1. The van der Waals surface area contributed by atoms with Gasteiger partial charge in [-0.1, -0.05) is 87.6 Å². The molecule has 0 bridgehead atoms. The predicted molar refractivity (Wildman–Crippen MR) is 132 cm³/mol. The fraction of sp³-hybridized carbons (Fsp3) is 0.481. The highest BCUT2D eigenvalue weighted by molar-refractivity contribution is 6.06. The van der Waals surface area contributed by atoms with Crippen molar-refractivity contribution in [2.24, 2.45) is 0 Å². The number of carbonyl (C=O) groups excluding carboxylic acids is 2. The lowest BCUT2D eigenvalue weighted by atomic mass is 9.98. The Kier molecular flexibility index (Phi) is 14.6. The largest absolute Gasteiger partial charge is 0.478 e. The van der Waals surface area contributed by atoms with Gasteiger partial charge in [-0.25, -0.2) is 9.59 Å². The number of hydrogen-bond donors (Lipinski definition) is 3. The molecule has 3 N–H and O–H groups in total. The maximum Gasteiger partial charge on any atom is 0.328 e. The van der Waals surface area contributed by atoms with Crippen LogP contribution in [0.4, 0.5) is 0 Å². The number of carboxylic acids is 2. The molecule has 0 heterocycles. The molecule has 0 unspecified atom stereocenters. The van der Waals surface area contributed by atoms with Crippen molar-refractivity contribution in [3.63, 3.8) is 0 Å². The van der Waals surface area contributed by atoms with Crippen LogP contribution < -0.4 is 5.32 Å². The van der Waals surface area contributed by atoms with Gasteiger partial charge in [-0.3, -0.25) is 9.59 Å². The molecule has 1 fully saturated rings. The highest BCUT2D eigenvalue weighted by Crippen LogP contribution is 2.17. The minimum absolute atomic E-state index is 0.195. The van der Waals surface area contributed by atoms with Crippen LogP contribution in [0.2, 0.25) is 0 Å². The number of carbonyl (C=O) groups is 4. The second-order valence-corrected chi connectivity index (χ2v) is 8.54. The molecule has 7 nitrogen and oxygen atoms in total. The first-order valence-electron chi connectivity index (χ1n) is 12.0. The minimum atomic E-state index is -1.12. The summed E-state index contributed by atoms with van der Waals surface area (Å²) in [5, 5.41) is 19.8. The highest BCUT2D eigenvalue weighted by Gasteiger charge is 2.11. The van der Waals surface area contributed by atoms with Crippen LogP contribution in [0.25, 0.3) is 0 Å². The van der Waals surface area contributed by atoms with Crippen molar-refractivity contribution in [3.8, 4) is 0 Å². The summed E-state index contributed by atoms with van der Waals surface area (Å²) in [5.74, 6) is -2.79. The molecule has 1 aliphatic rings. The first kappa shape index (κ1) is 28.8. The van der Waals surface area contributed by atoms with Crippen molar-refractivity contribution in [1.29, 1.82) is 0 Å². The van der Waals surface area contributed by atoms with Crippen LogP contribution in [0.5, 0.6) is 0 Å². The van der Waals surface area contributed by atoms with Crippen LogP contribution in [0.15, 0.2) is 48.6 Å². The van der Waals surface area contributed by atoms with E-state index < -0.39 is 11.9 Å². The number of nitrogens with one attached hydrogen (secondary N) is 1. The van der Waals surface area contributed by atoms with E-state index in [2.05, 4.69) is 5.32 Å². The number of allylic oxidation sites excluding steroid dienone is 1. The van der Waals surface area contributed by atoms with Crippen molar-refractivity contribution in [2.75, 3.05) is 0 Å². The van der Waals surface area contributed by atoms with Gasteiger partial charge in [0.15, 0.2) is 5.78 Å². The summed E-state index contributed by atoms with van der Waals surface area (Å²) in [4.78, 5) is 43.5. The molecule has 1 aliphatic carbocycles. The number of aryl methyl sites for hydroxylation is 1. The standard InChI is InChI=1S/C16H27NO3.C11H10O3/c18-15(12-13-16(19)20)17-14-10-8-6-4-2-1-3-5-7-9-11-14;1-8-2-4-9(5-3-8)10(12)6-7-11(13)14/h12-14H,1-11H2,(H,17,18)(H,19,20);2-7H,1H3,(H,13,14)/b13-12-;. The Morgan fingerprint density at radius 3 is 1.62 bits per heavy atom. The highest BCUT2D eigenvalue weighted by atomic mass is 16.4. The van der Waals surface area contributed by atoms with E-state index in [0.29, 0.717) is 5.56 Å². The van der Waals surface area contributed by atoms with Crippen molar-refractivity contribution < 1.29 is 29.4 Å². The first-order valence-corrected chi connectivity index (χ1v) is 12.0. The number of ketones is 1. The summed E-state index contributed by atoms with van der Waals surface area (Å²) < 4.78 is 0. The molecule has 1 aromatic carbocycles. The fourth-order valence-electron chi connectivity index (χ4n) is 3.66. The number of hydrogen-bond acceptors (Lipinski definition) is 4. The Balaban J connectivity index is 0.000000362. The van der Waals surface area contributed by atoms with E-state index in [9.17, 15) is 19.2 Å². The van der Waals surface area contributed by atoms with Gasteiger partial charge >= 0.3 is 11.9 Å². The third-order valence-corrected chi connectivity index (χ3v) is 5.54. The van der Waals surface area contributed by atoms with E-state index in [-0.39, 0.29) is 17.7 Å². The van der Waals surface area contributed by atoms with Gasteiger partial charge in [0, 0.05) is 29.8 Å². The Hall–Kier alpha value is -3.22. The number of aliphatic carboxylic acids is 2. The number of carboxylic acid groups (broad SMARTS) is 2. The summed E-state index contributed by atoms with van der Waals surface area (Å²) in [6.07, 6.45) is 17.3. The predicted octanol–water partition coefficient (Wildman–Crippen LogP) is 5.24. The maximum absolute atomic E-state index is 11.6. The molecule has 0 saturated heterocycles. The summed E-state index contributed by atoms with van der Waals surface area (Å²) in [6.45, 7) is 1.92. The number of benzene rings is 1. The molecule has 0 radical (unpaired) electrons. The Morgan fingerprint density at radius 1 is 0.706 bits per heavy atom. The fourth-order valence-corrected chi connectivity index (χ4v) is 3.66. The number of amides is 1. The molecule has 0 atom stereocenters. The normalized spacial score (nSPS) is 16.0. The molecule has 0 spiro atoms. The topological polar surface area (TPSA) is 121 Å². The van der Waals surface area contributed by atoms with Crippen LogP contribution >= 0.6 is 0 Å². The first-order chi connectivity index (χ1) is 16.3. The van der Waals surface area contributed by atoms with Gasteiger partial charge in [-0.05, 0) is 25.8 Å². The van der Waals surface area contributed by atoms with E-state index in [0.717, 1.165) is 55.6 Å². The van der Waals surface area contributed by atoms with Gasteiger partial charge in [0.05, 0.1) is 0 Å². The van der Waals surface area contributed by atoms with Crippen LogP contribution in [0, 0.1) is 6.92 Å². The lowest BCUT2D eigenvalue weighted by molar-refractivity contribution is -0.132. The molecule has 0 aromatic heterocycles. The lowest BCUT2D eigenvalue weighted by Crippen LogP contribution is -2.33. The van der Waals surface area contributed by atoms with Crippen LogP contribution in [0.1, 0.15) is 86.6 Å². The molecule has 1 aromatic rings. The number of rotatable bonds is 6. The van der Waals surface area contributed by atoms with Gasteiger partial charge in [0.1, 0.15) is 0 Å². The quantitative estimate of drug-likeness (QED) is 0.386. The van der Waals surface area contributed by atoms with E-state index in [1.807, 2.05) is 19.1 Å². The molecule has 2 rings (SSSR count). The summed E-state index contributed by atoms with van der Waals surface area (Å²) in [7, 11) is 0. The van der Waals surface area contributed by atoms with E-state index >= 15 is 0 Å². The average Bonchev–Trinajstić information content (AvgIpc) is 2.79. The average molecular weight is 472 g/mol. The van der Waals surface area contributed by atoms with Gasteiger partial charge in [0.25, 0.3) is 0 Å². The second kappa shape index (κ2) is 17.3. The molecule has 1 amide bonds. The zero-order valence-corrected chi connectivity index (χ0v) is 20.0. The monoisotopic (exact) mass is 471 g/mol. The van der Waals surface area contributed by atoms with Crippen molar-refractivity contribution >= 4 is 23.6 Å². The Labute approximate surface area is 202 Å². The van der Waals surface area contributed by atoms with E-state index in [4.69, 9.17) is 10.2 Å². The van der Waals surface area contributed by atoms with Gasteiger partial charge in [-0.2, -0.15) is 0 Å². The molecular weight excluding hydrogens is 434 g/mol. The van der Waals surface area contributed by atoms with Crippen LogP contribution in [-0.4, -0.2) is 39.9 Å². The molecule has 0 aliphatic heterocycles. The van der Waals surface area contributed by atoms with Gasteiger partial charge < -0.3 is 15.5 Å². The van der Waals surface area contributed by atoms with Crippen molar-refractivity contribution in [2.45, 2.75) is 83.6 Å². The molecule has 34 heavy (non-hydrogen) atoms. The third-order valence-electron chi connectivity index (χ3n) is 5.54. The zero-order chi connectivity index (χ0) is 25.2. The van der Waals surface area contributed by atoms with Crippen LogP contribution in [0.3, 0.4) is 0 Å². The maximum atomic E-state index is 11.6. The van der Waals surface area contributed by atoms with Crippen molar-refractivity contribution in [1.82, 2.24) is 5.32 Å². The Bertz CT molecular complexity index is 829. The molecular formula is C27H37NO6.